The maximum Gasteiger partial charge on any atom is 0.132 e. The summed E-state index contributed by atoms with van der Waals surface area (Å²) in [6.45, 7) is 0. The van der Waals surface area contributed by atoms with Crippen molar-refractivity contribution in [3.63, 3.8) is 0 Å². The molecule has 0 aromatic heterocycles. The fourth-order valence-corrected chi connectivity index (χ4v) is 7.40. The van der Waals surface area contributed by atoms with Crippen LogP contribution in [0.2, 0.25) is 0 Å². The van der Waals surface area contributed by atoms with E-state index < -0.39 is 11.5 Å². The number of hydrogen-bond acceptors (Lipinski definition) is 3. The second-order valence-corrected chi connectivity index (χ2v) is 12.2. The van der Waals surface area contributed by atoms with Crippen LogP contribution in [-0.2, 0) is 5.41 Å². The van der Waals surface area contributed by atoms with Crippen molar-refractivity contribution in [2.45, 2.75) is 11.5 Å². The Labute approximate surface area is 274 Å². The third kappa shape index (κ3) is 4.32. The lowest BCUT2D eigenvalue weighted by Crippen LogP contribution is -2.36. The number of hydrogen-bond donors (Lipinski definition) is 1. The van der Waals surface area contributed by atoms with Gasteiger partial charge in [0.15, 0.2) is 0 Å². The molecule has 7 aromatic carbocycles. The van der Waals surface area contributed by atoms with Crippen molar-refractivity contribution in [1.29, 1.82) is 0 Å². The van der Waals surface area contributed by atoms with E-state index in [-0.39, 0.29) is 0 Å². The Morgan fingerprint density at radius 2 is 0.787 bits per heavy atom. The summed E-state index contributed by atoms with van der Waals surface area (Å²) in [6, 6.07) is 58.0. The van der Waals surface area contributed by atoms with Gasteiger partial charge in [-0.25, -0.2) is 0 Å². The maximum atomic E-state index is 12.1. The van der Waals surface area contributed by atoms with E-state index in [0.717, 1.165) is 72.9 Å². The van der Waals surface area contributed by atoms with Crippen molar-refractivity contribution in [2.75, 3.05) is 0 Å². The summed E-state index contributed by atoms with van der Waals surface area (Å²) < 4.78 is 13.2. The summed E-state index contributed by atoms with van der Waals surface area (Å²) in [7, 11) is 0. The molecule has 224 valence electrons. The first kappa shape index (κ1) is 27.4. The monoisotopic (exact) mass is 606 g/mol. The highest BCUT2D eigenvalue weighted by molar-refractivity contribution is 5.77. The second kappa shape index (κ2) is 10.9. The second-order valence-electron chi connectivity index (χ2n) is 12.2. The van der Waals surface area contributed by atoms with Gasteiger partial charge >= 0.3 is 0 Å². The molecular formula is C44H30O3. The van der Waals surface area contributed by atoms with Crippen LogP contribution in [0.15, 0.2) is 170 Å². The molecule has 3 nitrogen and oxygen atoms in total. The van der Waals surface area contributed by atoms with E-state index in [1.54, 1.807) is 0 Å². The molecule has 9 rings (SSSR count). The molecule has 3 heteroatoms. The number of ether oxygens (including phenoxy) is 2. The molecule has 1 atom stereocenters. The predicted octanol–water partition coefficient (Wildman–Crippen LogP) is 10.7. The largest absolute Gasteiger partial charge is 0.457 e. The highest BCUT2D eigenvalue weighted by Crippen LogP contribution is 2.61. The first-order valence-electron chi connectivity index (χ1n) is 15.9. The predicted molar refractivity (Wildman–Crippen MR) is 186 cm³/mol. The topological polar surface area (TPSA) is 38.7 Å². The summed E-state index contributed by atoms with van der Waals surface area (Å²) in [5.41, 5.74) is 9.42. The van der Waals surface area contributed by atoms with Crippen LogP contribution < -0.4 is 9.47 Å². The van der Waals surface area contributed by atoms with Crippen molar-refractivity contribution >= 4 is 0 Å². The molecule has 0 amide bonds. The standard InChI is InChI=1S/C44H30O3/c45-43(34-26-32(29-13-3-1-4-14-29)25-33(27-34)30-15-5-2-6-16-30)31-23-24-38-42(28-31)47-41-22-12-9-19-37(41)44(38)35-17-7-10-20-39(35)46-40-21-11-8-18-36(40)44/h1-28,43,45H. The Balaban J connectivity index is 1.23. The van der Waals surface area contributed by atoms with E-state index in [0.29, 0.717) is 5.75 Å². The smallest absolute Gasteiger partial charge is 0.132 e. The average molecular weight is 607 g/mol. The van der Waals surface area contributed by atoms with Crippen LogP contribution in [0.3, 0.4) is 0 Å². The van der Waals surface area contributed by atoms with Gasteiger partial charge in [0, 0.05) is 22.3 Å². The van der Waals surface area contributed by atoms with Crippen molar-refractivity contribution in [1.82, 2.24) is 0 Å². The molecule has 2 heterocycles. The Bertz CT molecular complexity index is 2150. The first-order valence-corrected chi connectivity index (χ1v) is 15.9. The molecule has 0 saturated carbocycles. The van der Waals surface area contributed by atoms with Crippen molar-refractivity contribution in [2.24, 2.45) is 0 Å². The quantitative estimate of drug-likeness (QED) is 0.217. The molecule has 7 aromatic rings. The summed E-state index contributed by atoms with van der Waals surface area (Å²) in [5.74, 6) is 3.15. The minimum Gasteiger partial charge on any atom is -0.457 e. The van der Waals surface area contributed by atoms with Crippen LogP contribution in [0, 0.1) is 0 Å². The van der Waals surface area contributed by atoms with E-state index in [1.807, 2.05) is 84.9 Å². The SMILES string of the molecule is OC(c1cc(-c2ccccc2)cc(-c2ccccc2)c1)c1ccc2c(c1)Oc1ccccc1C21c2ccccc2Oc2ccccc21. The van der Waals surface area contributed by atoms with Crippen LogP contribution in [0.5, 0.6) is 23.0 Å². The van der Waals surface area contributed by atoms with Gasteiger partial charge in [-0.15, -0.1) is 0 Å². The maximum absolute atomic E-state index is 12.1. The number of fused-ring (bicyclic) bond motifs is 8. The van der Waals surface area contributed by atoms with E-state index in [2.05, 4.69) is 84.9 Å². The summed E-state index contributed by atoms with van der Waals surface area (Å²) >= 11 is 0. The Morgan fingerprint density at radius 1 is 0.362 bits per heavy atom. The fraction of sp³-hybridized carbons (Fsp3) is 0.0455. The van der Waals surface area contributed by atoms with Crippen molar-refractivity contribution in [3.05, 3.63) is 203 Å². The Kier molecular flexibility index (Phi) is 6.34. The van der Waals surface area contributed by atoms with Gasteiger partial charge in [-0.2, -0.15) is 0 Å². The zero-order valence-corrected chi connectivity index (χ0v) is 25.5. The summed E-state index contributed by atoms with van der Waals surface area (Å²) in [5, 5.41) is 12.1. The molecule has 0 fully saturated rings. The van der Waals surface area contributed by atoms with E-state index in [9.17, 15) is 5.11 Å². The first-order chi connectivity index (χ1) is 23.2. The molecule has 47 heavy (non-hydrogen) atoms. The van der Waals surface area contributed by atoms with Gasteiger partial charge in [0.25, 0.3) is 0 Å². The van der Waals surface area contributed by atoms with Crippen LogP contribution in [0.4, 0.5) is 0 Å². The zero-order chi connectivity index (χ0) is 31.4. The van der Waals surface area contributed by atoms with Gasteiger partial charge in [0.05, 0.1) is 5.41 Å². The van der Waals surface area contributed by atoms with E-state index >= 15 is 0 Å². The molecule has 0 radical (unpaired) electrons. The summed E-state index contributed by atoms with van der Waals surface area (Å²) in [4.78, 5) is 0. The average Bonchev–Trinajstić information content (AvgIpc) is 3.14. The van der Waals surface area contributed by atoms with E-state index in [1.165, 1.54) is 0 Å². The molecule has 1 spiro atoms. The fourth-order valence-electron chi connectivity index (χ4n) is 7.40. The van der Waals surface area contributed by atoms with Crippen molar-refractivity contribution in [3.8, 4) is 45.3 Å². The highest BCUT2D eigenvalue weighted by atomic mass is 16.5. The van der Waals surface area contributed by atoms with E-state index in [4.69, 9.17) is 9.47 Å². The number of rotatable bonds is 4. The Hall–Kier alpha value is -5.90. The molecule has 0 aliphatic carbocycles. The number of aliphatic hydroxyl groups excluding tert-OH is 1. The van der Waals surface area contributed by atoms with Crippen LogP contribution in [0.1, 0.15) is 39.5 Å². The Morgan fingerprint density at radius 3 is 1.30 bits per heavy atom. The number of aliphatic hydroxyl groups is 1. The van der Waals surface area contributed by atoms with Crippen LogP contribution >= 0.6 is 0 Å². The molecular weight excluding hydrogens is 576 g/mol. The van der Waals surface area contributed by atoms with Gasteiger partial charge in [-0.1, -0.05) is 127 Å². The molecule has 0 bridgehead atoms. The zero-order valence-electron chi connectivity index (χ0n) is 25.5. The lowest BCUT2D eigenvalue weighted by molar-refractivity contribution is 0.220. The lowest BCUT2D eigenvalue weighted by atomic mass is 9.62. The van der Waals surface area contributed by atoms with Gasteiger partial charge in [-0.05, 0) is 75.8 Å². The van der Waals surface area contributed by atoms with Gasteiger partial charge in [0.2, 0.25) is 0 Å². The third-order valence-corrected chi connectivity index (χ3v) is 9.52. The number of para-hydroxylation sites is 3. The lowest BCUT2D eigenvalue weighted by Gasteiger charge is -2.44. The van der Waals surface area contributed by atoms with Crippen molar-refractivity contribution < 1.29 is 14.6 Å². The summed E-state index contributed by atoms with van der Waals surface area (Å²) in [6.07, 6.45) is -0.877. The highest BCUT2D eigenvalue weighted by Gasteiger charge is 2.50. The number of benzene rings is 7. The van der Waals surface area contributed by atoms with Crippen LogP contribution in [-0.4, -0.2) is 5.11 Å². The molecule has 1 N–H and O–H groups in total. The van der Waals surface area contributed by atoms with Crippen LogP contribution in [0.25, 0.3) is 22.3 Å². The molecule has 1 unspecified atom stereocenters. The minimum atomic E-state index is -0.877. The van der Waals surface area contributed by atoms with Gasteiger partial charge < -0.3 is 14.6 Å². The third-order valence-electron chi connectivity index (χ3n) is 9.52. The molecule has 2 aliphatic rings. The van der Waals surface area contributed by atoms with Gasteiger partial charge in [-0.3, -0.25) is 0 Å². The normalized spacial score (nSPS) is 14.1. The molecule has 0 saturated heterocycles. The van der Waals surface area contributed by atoms with Gasteiger partial charge in [0.1, 0.15) is 29.1 Å². The minimum absolute atomic E-state index is 0.660. The molecule has 2 aliphatic heterocycles.